The molecule has 1 atom stereocenters. The van der Waals surface area contributed by atoms with Crippen LogP contribution in [0.5, 0.6) is 0 Å². The second-order valence-corrected chi connectivity index (χ2v) is 6.77. The molecular formula is C16H30N4S. The minimum atomic E-state index is 0.453. The molecule has 1 aromatic heterocycles. The van der Waals surface area contributed by atoms with Gasteiger partial charge in [-0.25, -0.2) is 9.98 Å². The molecule has 5 heteroatoms. The largest absolute Gasteiger partial charge is 0.357 e. The summed E-state index contributed by atoms with van der Waals surface area (Å²) in [6.45, 7) is 12.2. The molecule has 0 amide bonds. The second kappa shape index (κ2) is 9.77. The molecule has 1 heterocycles. The SMILES string of the molecule is CCCCCC(C)NC(=NCc1nc(C)c(C)s1)NCC. The minimum Gasteiger partial charge on any atom is -0.357 e. The van der Waals surface area contributed by atoms with Crippen LogP contribution in [0.3, 0.4) is 0 Å². The summed E-state index contributed by atoms with van der Waals surface area (Å²) in [4.78, 5) is 10.5. The van der Waals surface area contributed by atoms with Gasteiger partial charge in [-0.2, -0.15) is 0 Å². The van der Waals surface area contributed by atoms with Crippen molar-refractivity contribution in [3.8, 4) is 0 Å². The van der Waals surface area contributed by atoms with E-state index in [1.807, 2.05) is 0 Å². The third-order valence-corrected chi connectivity index (χ3v) is 4.47. The van der Waals surface area contributed by atoms with Crippen LogP contribution < -0.4 is 10.6 Å². The summed E-state index contributed by atoms with van der Waals surface area (Å²) in [6, 6.07) is 0.453. The van der Waals surface area contributed by atoms with Crippen LogP contribution >= 0.6 is 11.3 Å². The highest BCUT2D eigenvalue weighted by Gasteiger charge is 2.06. The first-order chi connectivity index (χ1) is 10.1. The monoisotopic (exact) mass is 310 g/mol. The van der Waals surface area contributed by atoms with Crippen molar-refractivity contribution in [2.75, 3.05) is 6.54 Å². The van der Waals surface area contributed by atoms with Gasteiger partial charge in [-0.3, -0.25) is 0 Å². The molecule has 0 aliphatic heterocycles. The maximum absolute atomic E-state index is 4.65. The molecule has 0 saturated heterocycles. The molecule has 0 aliphatic rings. The first-order valence-electron chi connectivity index (χ1n) is 8.04. The first kappa shape index (κ1) is 18.0. The van der Waals surface area contributed by atoms with Gasteiger partial charge in [0.25, 0.3) is 0 Å². The Morgan fingerprint density at radius 3 is 2.62 bits per heavy atom. The number of nitrogens with one attached hydrogen (secondary N) is 2. The van der Waals surface area contributed by atoms with Crippen molar-refractivity contribution in [2.24, 2.45) is 4.99 Å². The van der Waals surface area contributed by atoms with Gasteiger partial charge < -0.3 is 10.6 Å². The van der Waals surface area contributed by atoms with Crippen LogP contribution in [0.1, 0.15) is 62.0 Å². The molecule has 0 spiro atoms. The molecule has 0 saturated carbocycles. The number of aliphatic imine (C=N–C) groups is 1. The predicted octanol–water partition coefficient (Wildman–Crippen LogP) is 3.78. The van der Waals surface area contributed by atoms with Gasteiger partial charge in [0.15, 0.2) is 5.96 Å². The van der Waals surface area contributed by atoms with Gasteiger partial charge in [-0.1, -0.05) is 26.2 Å². The molecule has 0 radical (unpaired) electrons. The molecule has 4 nitrogen and oxygen atoms in total. The Morgan fingerprint density at radius 1 is 1.29 bits per heavy atom. The number of unbranched alkanes of at least 4 members (excludes halogenated alkanes) is 2. The van der Waals surface area contributed by atoms with E-state index in [-0.39, 0.29) is 0 Å². The van der Waals surface area contributed by atoms with E-state index in [1.54, 1.807) is 11.3 Å². The lowest BCUT2D eigenvalue weighted by molar-refractivity contribution is 0.547. The van der Waals surface area contributed by atoms with E-state index < -0.39 is 0 Å². The average Bonchev–Trinajstić information content (AvgIpc) is 2.76. The van der Waals surface area contributed by atoms with E-state index in [4.69, 9.17) is 0 Å². The number of nitrogens with zero attached hydrogens (tertiary/aromatic N) is 2. The zero-order valence-electron chi connectivity index (χ0n) is 14.1. The number of aryl methyl sites for hydroxylation is 2. The summed E-state index contributed by atoms with van der Waals surface area (Å²) in [5.41, 5.74) is 1.12. The smallest absolute Gasteiger partial charge is 0.191 e. The van der Waals surface area contributed by atoms with Crippen LogP contribution in [0.2, 0.25) is 0 Å². The molecule has 1 rings (SSSR count). The summed E-state index contributed by atoms with van der Waals surface area (Å²) in [7, 11) is 0. The van der Waals surface area contributed by atoms with Crippen molar-refractivity contribution in [3.63, 3.8) is 0 Å². The lowest BCUT2D eigenvalue weighted by Gasteiger charge is -2.17. The van der Waals surface area contributed by atoms with Gasteiger partial charge in [0.2, 0.25) is 0 Å². The highest BCUT2D eigenvalue weighted by atomic mass is 32.1. The molecule has 0 aromatic carbocycles. The van der Waals surface area contributed by atoms with Crippen LogP contribution in [0.25, 0.3) is 0 Å². The number of hydrogen-bond donors (Lipinski definition) is 2. The van der Waals surface area contributed by atoms with Gasteiger partial charge >= 0.3 is 0 Å². The molecule has 0 aliphatic carbocycles. The van der Waals surface area contributed by atoms with Crippen molar-refractivity contribution in [1.29, 1.82) is 0 Å². The zero-order chi connectivity index (χ0) is 15.7. The lowest BCUT2D eigenvalue weighted by Crippen LogP contribution is -2.42. The van der Waals surface area contributed by atoms with E-state index >= 15 is 0 Å². The summed E-state index contributed by atoms with van der Waals surface area (Å²) in [5, 5.41) is 7.88. The molecule has 0 fully saturated rings. The van der Waals surface area contributed by atoms with Crippen LogP contribution in [0.15, 0.2) is 4.99 Å². The molecule has 120 valence electrons. The summed E-state index contributed by atoms with van der Waals surface area (Å²) in [5.74, 6) is 0.895. The van der Waals surface area contributed by atoms with Crippen molar-refractivity contribution < 1.29 is 0 Å². The summed E-state index contributed by atoms with van der Waals surface area (Å²) in [6.07, 6.45) is 5.03. The fourth-order valence-electron chi connectivity index (χ4n) is 2.08. The Balaban J connectivity index is 2.52. The Labute approximate surface area is 133 Å². The number of rotatable bonds is 8. The standard InChI is InChI=1S/C16H30N4S/c1-6-8-9-10-12(3)19-16(17-7-2)18-11-15-20-13(4)14(5)21-15/h12H,6-11H2,1-5H3,(H2,17,18,19). The normalized spacial score (nSPS) is 13.3. The van der Waals surface area contributed by atoms with Crippen molar-refractivity contribution in [3.05, 3.63) is 15.6 Å². The van der Waals surface area contributed by atoms with Crippen LogP contribution in [0, 0.1) is 13.8 Å². The first-order valence-corrected chi connectivity index (χ1v) is 8.86. The maximum Gasteiger partial charge on any atom is 0.191 e. The van der Waals surface area contributed by atoms with Gasteiger partial charge in [-0.05, 0) is 34.1 Å². The fraction of sp³-hybridized carbons (Fsp3) is 0.750. The quantitative estimate of drug-likeness (QED) is 0.436. The van der Waals surface area contributed by atoms with E-state index in [0.717, 1.165) is 23.2 Å². The van der Waals surface area contributed by atoms with Crippen molar-refractivity contribution in [1.82, 2.24) is 15.6 Å². The van der Waals surface area contributed by atoms with Gasteiger partial charge in [-0.15, -0.1) is 11.3 Å². The number of aromatic nitrogens is 1. The number of hydrogen-bond acceptors (Lipinski definition) is 3. The lowest BCUT2D eigenvalue weighted by atomic mass is 10.1. The van der Waals surface area contributed by atoms with E-state index in [9.17, 15) is 0 Å². The Bertz CT molecular complexity index is 420. The van der Waals surface area contributed by atoms with Gasteiger partial charge in [0.05, 0.1) is 12.2 Å². The number of thiazole rings is 1. The molecule has 21 heavy (non-hydrogen) atoms. The van der Waals surface area contributed by atoms with Crippen molar-refractivity contribution >= 4 is 17.3 Å². The predicted molar refractivity (Wildman–Crippen MR) is 93.1 cm³/mol. The van der Waals surface area contributed by atoms with E-state index in [2.05, 4.69) is 55.2 Å². The molecule has 1 aromatic rings. The Hall–Kier alpha value is -1.10. The highest BCUT2D eigenvalue weighted by Crippen LogP contribution is 2.16. The third kappa shape index (κ3) is 6.93. The molecule has 0 bridgehead atoms. The molecule has 1 unspecified atom stereocenters. The number of guanidine groups is 1. The Morgan fingerprint density at radius 2 is 2.05 bits per heavy atom. The van der Waals surface area contributed by atoms with Crippen LogP contribution in [-0.2, 0) is 6.54 Å². The summed E-state index contributed by atoms with van der Waals surface area (Å²) >= 11 is 1.74. The third-order valence-electron chi connectivity index (χ3n) is 3.41. The maximum atomic E-state index is 4.65. The van der Waals surface area contributed by atoms with Crippen molar-refractivity contribution in [2.45, 2.75) is 72.9 Å². The van der Waals surface area contributed by atoms with Crippen LogP contribution in [-0.4, -0.2) is 23.5 Å². The highest BCUT2D eigenvalue weighted by molar-refractivity contribution is 7.11. The summed E-state index contributed by atoms with van der Waals surface area (Å²) < 4.78 is 0. The van der Waals surface area contributed by atoms with E-state index in [0.29, 0.717) is 12.6 Å². The fourth-order valence-corrected chi connectivity index (χ4v) is 2.94. The molecular weight excluding hydrogens is 280 g/mol. The minimum absolute atomic E-state index is 0.453. The molecule has 2 N–H and O–H groups in total. The second-order valence-electron chi connectivity index (χ2n) is 5.49. The van der Waals surface area contributed by atoms with Crippen LogP contribution in [0.4, 0.5) is 0 Å². The average molecular weight is 311 g/mol. The van der Waals surface area contributed by atoms with E-state index in [1.165, 1.54) is 30.6 Å². The zero-order valence-corrected chi connectivity index (χ0v) is 14.9. The van der Waals surface area contributed by atoms with Gasteiger partial charge in [0.1, 0.15) is 5.01 Å². The Kier molecular flexibility index (Phi) is 8.35. The topological polar surface area (TPSA) is 49.3 Å². The van der Waals surface area contributed by atoms with Gasteiger partial charge in [0, 0.05) is 17.5 Å².